The van der Waals surface area contributed by atoms with Crippen molar-refractivity contribution in [2.24, 2.45) is 0 Å². The van der Waals surface area contributed by atoms with E-state index in [9.17, 15) is 0 Å². The maximum absolute atomic E-state index is 6.02. The van der Waals surface area contributed by atoms with Gasteiger partial charge in [0, 0.05) is 30.2 Å². The van der Waals surface area contributed by atoms with Crippen molar-refractivity contribution in [2.75, 3.05) is 25.4 Å². The Labute approximate surface area is 119 Å². The molecule has 1 saturated heterocycles. The van der Waals surface area contributed by atoms with Crippen LogP contribution >= 0.6 is 0 Å². The van der Waals surface area contributed by atoms with Crippen LogP contribution in [-0.4, -0.2) is 39.1 Å². The van der Waals surface area contributed by atoms with E-state index < -0.39 is 0 Å². The monoisotopic (exact) mass is 271 g/mol. The van der Waals surface area contributed by atoms with E-state index in [1.807, 2.05) is 24.8 Å². The smallest absolute Gasteiger partial charge is 0.0950 e. The number of aryl methyl sites for hydroxylation is 1. The Morgan fingerprint density at radius 3 is 2.75 bits per heavy atom. The fourth-order valence-corrected chi connectivity index (χ4v) is 2.81. The van der Waals surface area contributed by atoms with Crippen molar-refractivity contribution in [2.45, 2.75) is 25.8 Å². The number of likely N-dealkylation sites (tertiary alicyclic amines) is 1. The predicted molar refractivity (Wildman–Crippen MR) is 80.2 cm³/mol. The number of nitrogen functional groups attached to an aromatic ring is 1. The maximum Gasteiger partial charge on any atom is 0.0950 e. The Morgan fingerprint density at radius 1 is 1.10 bits per heavy atom. The molecule has 3 rings (SSSR count). The number of pyridine rings is 1. The molecule has 0 spiro atoms. The molecule has 2 N–H and O–H groups in total. The van der Waals surface area contributed by atoms with Crippen molar-refractivity contribution in [3.63, 3.8) is 0 Å². The van der Waals surface area contributed by atoms with Gasteiger partial charge in [-0.05, 0) is 45.0 Å². The van der Waals surface area contributed by atoms with Crippen LogP contribution in [0.2, 0.25) is 0 Å². The Bertz CT molecular complexity index is 557. The number of aromatic nitrogens is 3. The lowest BCUT2D eigenvalue weighted by atomic mass is 10.2. The molecule has 0 unspecified atom stereocenters. The average Bonchev–Trinajstić information content (AvgIpc) is 3.11. The van der Waals surface area contributed by atoms with Crippen molar-refractivity contribution >= 4 is 5.69 Å². The highest BCUT2D eigenvalue weighted by Crippen LogP contribution is 2.24. The Morgan fingerprint density at radius 2 is 1.95 bits per heavy atom. The van der Waals surface area contributed by atoms with Crippen molar-refractivity contribution in [1.29, 1.82) is 0 Å². The van der Waals surface area contributed by atoms with Crippen LogP contribution in [0.25, 0.3) is 11.3 Å². The zero-order chi connectivity index (χ0) is 13.8. The molecule has 0 saturated carbocycles. The summed E-state index contributed by atoms with van der Waals surface area (Å²) >= 11 is 0. The van der Waals surface area contributed by atoms with Gasteiger partial charge < -0.3 is 15.2 Å². The summed E-state index contributed by atoms with van der Waals surface area (Å²) in [5, 5.41) is 0. The minimum atomic E-state index is 0.751. The highest BCUT2D eigenvalue weighted by molar-refractivity contribution is 5.72. The largest absolute Gasteiger partial charge is 0.398 e. The second kappa shape index (κ2) is 6.05. The number of nitrogens with zero attached hydrogens (tertiary/aromatic N) is 4. The van der Waals surface area contributed by atoms with Crippen molar-refractivity contribution in [3.05, 3.63) is 31.0 Å². The Balaban J connectivity index is 1.66. The van der Waals surface area contributed by atoms with Crippen LogP contribution in [0.3, 0.4) is 0 Å². The SMILES string of the molecule is Nc1ccncc1-c1cncn1CCCN1CCCC1. The molecule has 0 aromatic carbocycles. The van der Waals surface area contributed by atoms with Crippen molar-refractivity contribution < 1.29 is 0 Å². The lowest BCUT2D eigenvalue weighted by Crippen LogP contribution is -2.21. The number of imidazole rings is 1. The molecule has 2 aromatic heterocycles. The highest BCUT2D eigenvalue weighted by Gasteiger charge is 2.12. The van der Waals surface area contributed by atoms with Crippen molar-refractivity contribution in [3.8, 4) is 11.3 Å². The first kappa shape index (κ1) is 13.1. The zero-order valence-corrected chi connectivity index (χ0v) is 11.7. The second-order valence-corrected chi connectivity index (χ2v) is 5.34. The number of anilines is 1. The molecule has 5 nitrogen and oxygen atoms in total. The first-order valence-electron chi connectivity index (χ1n) is 7.27. The normalized spacial score (nSPS) is 15.8. The molecule has 0 bridgehead atoms. The lowest BCUT2D eigenvalue weighted by Gasteiger charge is -2.15. The van der Waals surface area contributed by atoms with Gasteiger partial charge in [0.1, 0.15) is 0 Å². The van der Waals surface area contributed by atoms with Gasteiger partial charge in [-0.2, -0.15) is 0 Å². The van der Waals surface area contributed by atoms with Crippen LogP contribution in [0.5, 0.6) is 0 Å². The van der Waals surface area contributed by atoms with E-state index in [0.29, 0.717) is 0 Å². The molecule has 1 aliphatic rings. The molecular weight excluding hydrogens is 250 g/mol. The van der Waals surface area contributed by atoms with E-state index in [1.165, 1.54) is 32.5 Å². The summed E-state index contributed by atoms with van der Waals surface area (Å²) in [6.07, 6.45) is 11.1. The fourth-order valence-electron chi connectivity index (χ4n) is 2.81. The summed E-state index contributed by atoms with van der Waals surface area (Å²) in [6, 6.07) is 1.83. The van der Waals surface area contributed by atoms with Crippen LogP contribution in [-0.2, 0) is 6.54 Å². The first-order valence-corrected chi connectivity index (χ1v) is 7.27. The van der Waals surface area contributed by atoms with E-state index in [2.05, 4.69) is 19.4 Å². The number of hydrogen-bond donors (Lipinski definition) is 1. The Hall–Kier alpha value is -1.88. The van der Waals surface area contributed by atoms with Gasteiger partial charge in [-0.1, -0.05) is 0 Å². The molecule has 106 valence electrons. The summed E-state index contributed by atoms with van der Waals surface area (Å²) in [5.41, 5.74) is 8.79. The minimum absolute atomic E-state index is 0.751. The third-order valence-electron chi connectivity index (χ3n) is 3.92. The third-order valence-corrected chi connectivity index (χ3v) is 3.92. The van der Waals surface area contributed by atoms with Gasteiger partial charge in [0.2, 0.25) is 0 Å². The highest BCUT2D eigenvalue weighted by atomic mass is 15.1. The van der Waals surface area contributed by atoms with Gasteiger partial charge in [-0.3, -0.25) is 4.98 Å². The summed E-state index contributed by atoms with van der Waals surface area (Å²) in [7, 11) is 0. The number of hydrogen-bond acceptors (Lipinski definition) is 4. The molecular formula is C15H21N5. The quantitative estimate of drug-likeness (QED) is 0.903. The summed E-state index contributed by atoms with van der Waals surface area (Å²) < 4.78 is 2.17. The molecule has 0 atom stereocenters. The predicted octanol–water partition coefficient (Wildman–Crippen LogP) is 2.01. The van der Waals surface area contributed by atoms with Crippen LogP contribution in [0.1, 0.15) is 19.3 Å². The van der Waals surface area contributed by atoms with Crippen LogP contribution in [0.15, 0.2) is 31.0 Å². The van der Waals surface area contributed by atoms with Crippen LogP contribution in [0.4, 0.5) is 5.69 Å². The third kappa shape index (κ3) is 2.82. The summed E-state index contributed by atoms with van der Waals surface area (Å²) in [4.78, 5) is 10.9. The Kier molecular flexibility index (Phi) is 3.97. The van der Waals surface area contributed by atoms with Gasteiger partial charge in [0.15, 0.2) is 0 Å². The zero-order valence-electron chi connectivity index (χ0n) is 11.7. The molecule has 2 aromatic rings. The van der Waals surface area contributed by atoms with Gasteiger partial charge in [0.25, 0.3) is 0 Å². The fraction of sp³-hybridized carbons (Fsp3) is 0.467. The lowest BCUT2D eigenvalue weighted by molar-refractivity contribution is 0.325. The van der Waals surface area contributed by atoms with Crippen LogP contribution < -0.4 is 5.73 Å². The van der Waals surface area contributed by atoms with E-state index in [-0.39, 0.29) is 0 Å². The molecule has 20 heavy (non-hydrogen) atoms. The summed E-state index contributed by atoms with van der Waals surface area (Å²) in [5.74, 6) is 0. The molecule has 0 aliphatic carbocycles. The van der Waals surface area contributed by atoms with Crippen molar-refractivity contribution in [1.82, 2.24) is 19.4 Å². The number of nitrogens with two attached hydrogens (primary N) is 1. The molecule has 5 heteroatoms. The molecule has 0 amide bonds. The van der Waals surface area contributed by atoms with Crippen LogP contribution in [0, 0.1) is 0 Å². The maximum atomic E-state index is 6.02. The van der Waals surface area contributed by atoms with Gasteiger partial charge in [-0.15, -0.1) is 0 Å². The van der Waals surface area contributed by atoms with Gasteiger partial charge >= 0.3 is 0 Å². The second-order valence-electron chi connectivity index (χ2n) is 5.34. The van der Waals surface area contributed by atoms with E-state index in [1.54, 1.807) is 6.20 Å². The summed E-state index contributed by atoms with van der Waals surface area (Å²) in [6.45, 7) is 4.65. The molecule has 3 heterocycles. The van der Waals surface area contributed by atoms with E-state index >= 15 is 0 Å². The standard InChI is InChI=1S/C15H21N5/c16-14-4-5-17-10-13(14)15-11-18-12-20(15)9-3-8-19-6-1-2-7-19/h4-5,10-12H,1-3,6-9H2,(H2,16,17). The van der Waals surface area contributed by atoms with E-state index in [0.717, 1.165) is 29.9 Å². The average molecular weight is 271 g/mol. The van der Waals surface area contributed by atoms with Gasteiger partial charge in [0.05, 0.1) is 18.2 Å². The van der Waals surface area contributed by atoms with E-state index in [4.69, 9.17) is 5.73 Å². The first-order chi connectivity index (χ1) is 9.84. The number of rotatable bonds is 5. The topological polar surface area (TPSA) is 60.0 Å². The molecule has 0 radical (unpaired) electrons. The molecule has 1 fully saturated rings. The minimum Gasteiger partial charge on any atom is -0.398 e. The molecule has 1 aliphatic heterocycles. The van der Waals surface area contributed by atoms with Gasteiger partial charge in [-0.25, -0.2) is 4.98 Å².